The van der Waals surface area contributed by atoms with Crippen LogP contribution < -0.4 is 19.7 Å². The van der Waals surface area contributed by atoms with Crippen molar-refractivity contribution in [2.75, 3.05) is 51.0 Å². The van der Waals surface area contributed by atoms with Gasteiger partial charge in [0.2, 0.25) is 6.79 Å². The van der Waals surface area contributed by atoms with Crippen molar-refractivity contribution >= 4 is 11.6 Å². The number of benzene rings is 2. The third kappa shape index (κ3) is 5.36. The SMILES string of the molecule is CCCc1nc(C(=O)NCCCN2CCN(c3cccc(C)c3C)CC2)c(C)n1-c1ccc2c(c1)OCO2. The highest BCUT2D eigenvalue weighted by Crippen LogP contribution is 2.34. The number of hydrogen-bond donors (Lipinski definition) is 1. The summed E-state index contributed by atoms with van der Waals surface area (Å²) in [6.07, 6.45) is 2.65. The molecule has 0 radical (unpaired) electrons. The second kappa shape index (κ2) is 11.5. The maximum atomic E-state index is 13.1. The number of amides is 1. The molecule has 8 nitrogen and oxygen atoms in total. The molecule has 8 heteroatoms. The molecule has 1 amide bonds. The molecule has 202 valence electrons. The average Bonchev–Trinajstić information content (AvgIpc) is 3.52. The van der Waals surface area contributed by atoms with Crippen LogP contribution in [-0.4, -0.2) is 66.4 Å². The molecule has 3 aromatic rings. The van der Waals surface area contributed by atoms with Gasteiger partial charge < -0.3 is 24.3 Å². The van der Waals surface area contributed by atoms with Crippen LogP contribution in [0.1, 0.15) is 52.9 Å². The number of fused-ring (bicyclic) bond motifs is 1. The minimum atomic E-state index is -0.112. The summed E-state index contributed by atoms with van der Waals surface area (Å²) in [6.45, 7) is 14.5. The first-order valence-electron chi connectivity index (χ1n) is 13.8. The summed E-state index contributed by atoms with van der Waals surface area (Å²) in [5.41, 5.74) is 6.35. The Morgan fingerprint density at radius 1 is 1.03 bits per heavy atom. The quantitative estimate of drug-likeness (QED) is 0.424. The van der Waals surface area contributed by atoms with Gasteiger partial charge in [-0.1, -0.05) is 19.1 Å². The minimum Gasteiger partial charge on any atom is -0.454 e. The molecule has 0 spiro atoms. The Hall–Kier alpha value is -3.52. The zero-order valence-corrected chi connectivity index (χ0v) is 23.0. The Kier molecular flexibility index (Phi) is 7.88. The van der Waals surface area contributed by atoms with Gasteiger partial charge in [0.1, 0.15) is 11.5 Å². The van der Waals surface area contributed by atoms with Gasteiger partial charge in [-0.2, -0.15) is 0 Å². The van der Waals surface area contributed by atoms with E-state index in [9.17, 15) is 4.79 Å². The summed E-state index contributed by atoms with van der Waals surface area (Å²) >= 11 is 0. The third-order valence-corrected chi connectivity index (χ3v) is 7.71. The van der Waals surface area contributed by atoms with Crippen LogP contribution in [0.3, 0.4) is 0 Å². The maximum absolute atomic E-state index is 13.1. The van der Waals surface area contributed by atoms with Crippen molar-refractivity contribution in [3.05, 3.63) is 64.7 Å². The number of nitrogens with zero attached hydrogens (tertiary/aromatic N) is 4. The second-order valence-corrected chi connectivity index (χ2v) is 10.2. The lowest BCUT2D eigenvalue weighted by Gasteiger charge is -2.37. The van der Waals surface area contributed by atoms with Crippen molar-refractivity contribution in [3.8, 4) is 17.2 Å². The predicted octanol–water partition coefficient (Wildman–Crippen LogP) is 4.42. The Morgan fingerprint density at radius 3 is 2.61 bits per heavy atom. The Bertz CT molecular complexity index is 1290. The van der Waals surface area contributed by atoms with Gasteiger partial charge >= 0.3 is 0 Å². The molecule has 0 saturated carbocycles. The highest BCUT2D eigenvalue weighted by molar-refractivity contribution is 5.93. The average molecular weight is 518 g/mol. The fourth-order valence-corrected chi connectivity index (χ4v) is 5.41. The predicted molar refractivity (Wildman–Crippen MR) is 150 cm³/mol. The normalized spacial score (nSPS) is 15.2. The van der Waals surface area contributed by atoms with Crippen LogP contribution in [0.25, 0.3) is 5.69 Å². The zero-order chi connectivity index (χ0) is 26.6. The van der Waals surface area contributed by atoms with E-state index >= 15 is 0 Å². The first kappa shape index (κ1) is 26.1. The molecule has 2 aliphatic rings. The number of aryl methyl sites for hydroxylation is 2. The smallest absolute Gasteiger partial charge is 0.271 e. The molecule has 1 saturated heterocycles. The van der Waals surface area contributed by atoms with Crippen molar-refractivity contribution < 1.29 is 14.3 Å². The molecule has 1 fully saturated rings. The topological polar surface area (TPSA) is 71.9 Å². The molecule has 3 heterocycles. The van der Waals surface area contributed by atoms with Gasteiger partial charge in [0, 0.05) is 50.9 Å². The van der Waals surface area contributed by atoms with E-state index < -0.39 is 0 Å². The van der Waals surface area contributed by atoms with Crippen LogP contribution in [0.4, 0.5) is 5.69 Å². The van der Waals surface area contributed by atoms with Crippen molar-refractivity contribution in [2.45, 2.75) is 47.0 Å². The van der Waals surface area contributed by atoms with Crippen LogP contribution in [-0.2, 0) is 6.42 Å². The number of anilines is 1. The van der Waals surface area contributed by atoms with E-state index in [-0.39, 0.29) is 12.7 Å². The van der Waals surface area contributed by atoms with E-state index in [0.717, 1.165) is 80.7 Å². The monoisotopic (exact) mass is 517 g/mol. The van der Waals surface area contributed by atoms with Gasteiger partial charge in [-0.3, -0.25) is 9.69 Å². The first-order valence-corrected chi connectivity index (χ1v) is 13.8. The lowest BCUT2D eigenvalue weighted by Crippen LogP contribution is -2.47. The summed E-state index contributed by atoms with van der Waals surface area (Å²) in [4.78, 5) is 22.9. The van der Waals surface area contributed by atoms with E-state index in [1.54, 1.807) is 0 Å². The van der Waals surface area contributed by atoms with E-state index in [1.165, 1.54) is 16.8 Å². The summed E-state index contributed by atoms with van der Waals surface area (Å²) in [7, 11) is 0. The van der Waals surface area contributed by atoms with Crippen LogP contribution in [0.2, 0.25) is 0 Å². The molecular formula is C30H39N5O3. The standard InChI is InChI=1S/C30H39N5O3/c1-5-8-28-32-29(23(4)35(28)24-11-12-26-27(19-24)38-20-37-26)30(36)31-13-7-14-33-15-17-34(18-16-33)25-10-6-9-21(2)22(25)3/h6,9-12,19H,5,7-8,13-18,20H2,1-4H3,(H,31,36). The fourth-order valence-electron chi connectivity index (χ4n) is 5.41. The van der Waals surface area contributed by atoms with Crippen LogP contribution in [0, 0.1) is 20.8 Å². The summed E-state index contributed by atoms with van der Waals surface area (Å²) in [5, 5.41) is 3.11. The number of imidazole rings is 1. The Labute approximate surface area is 225 Å². The number of aromatic nitrogens is 2. The van der Waals surface area contributed by atoms with Gasteiger partial charge in [0.15, 0.2) is 11.5 Å². The number of carbonyl (C=O) groups is 1. The minimum absolute atomic E-state index is 0.112. The van der Waals surface area contributed by atoms with Crippen molar-refractivity contribution in [1.29, 1.82) is 0 Å². The summed E-state index contributed by atoms with van der Waals surface area (Å²) in [6, 6.07) is 12.4. The number of carbonyl (C=O) groups excluding carboxylic acids is 1. The summed E-state index contributed by atoms with van der Waals surface area (Å²) < 4.78 is 13.1. The van der Waals surface area contributed by atoms with E-state index in [0.29, 0.717) is 12.2 Å². The molecule has 38 heavy (non-hydrogen) atoms. The van der Waals surface area contributed by atoms with Gasteiger partial charge in [0.05, 0.1) is 11.4 Å². The molecule has 1 N–H and O–H groups in total. The number of nitrogens with one attached hydrogen (secondary N) is 1. The molecule has 5 rings (SSSR count). The highest BCUT2D eigenvalue weighted by atomic mass is 16.7. The maximum Gasteiger partial charge on any atom is 0.271 e. The number of ether oxygens (including phenoxy) is 2. The second-order valence-electron chi connectivity index (χ2n) is 10.2. The zero-order valence-electron chi connectivity index (χ0n) is 23.0. The Morgan fingerprint density at radius 2 is 1.82 bits per heavy atom. The number of piperazine rings is 1. The molecule has 2 aliphatic heterocycles. The number of rotatable bonds is 9. The molecular weight excluding hydrogens is 478 g/mol. The molecule has 0 atom stereocenters. The van der Waals surface area contributed by atoms with Gasteiger partial charge in [-0.25, -0.2) is 4.98 Å². The summed E-state index contributed by atoms with van der Waals surface area (Å²) in [5.74, 6) is 2.24. The Balaban J connectivity index is 1.15. The van der Waals surface area contributed by atoms with Crippen molar-refractivity contribution in [2.24, 2.45) is 0 Å². The van der Waals surface area contributed by atoms with Crippen molar-refractivity contribution in [3.63, 3.8) is 0 Å². The molecule has 0 aliphatic carbocycles. The molecule has 0 bridgehead atoms. The fraction of sp³-hybridized carbons (Fsp3) is 0.467. The molecule has 1 aromatic heterocycles. The third-order valence-electron chi connectivity index (χ3n) is 7.71. The first-order chi connectivity index (χ1) is 18.5. The van der Waals surface area contributed by atoms with Gasteiger partial charge in [-0.15, -0.1) is 0 Å². The van der Waals surface area contributed by atoms with Crippen LogP contribution >= 0.6 is 0 Å². The lowest BCUT2D eigenvalue weighted by atomic mass is 10.1. The van der Waals surface area contributed by atoms with E-state index in [4.69, 9.17) is 14.5 Å². The van der Waals surface area contributed by atoms with Crippen molar-refractivity contribution in [1.82, 2.24) is 19.8 Å². The number of hydrogen-bond acceptors (Lipinski definition) is 6. The highest BCUT2D eigenvalue weighted by Gasteiger charge is 2.23. The van der Waals surface area contributed by atoms with Crippen LogP contribution in [0.15, 0.2) is 36.4 Å². The largest absolute Gasteiger partial charge is 0.454 e. The van der Waals surface area contributed by atoms with E-state index in [1.807, 2.05) is 25.1 Å². The van der Waals surface area contributed by atoms with E-state index in [2.05, 4.69) is 58.7 Å². The molecule has 2 aromatic carbocycles. The lowest BCUT2D eigenvalue weighted by molar-refractivity contribution is 0.0946. The van der Waals surface area contributed by atoms with Gasteiger partial charge in [0.25, 0.3) is 5.91 Å². The molecule has 0 unspecified atom stereocenters. The van der Waals surface area contributed by atoms with Crippen LogP contribution in [0.5, 0.6) is 11.5 Å². The van der Waals surface area contributed by atoms with Gasteiger partial charge in [-0.05, 0) is 69.5 Å².